The van der Waals surface area contributed by atoms with Gasteiger partial charge in [0.25, 0.3) is 0 Å². The van der Waals surface area contributed by atoms with E-state index >= 15 is 0 Å². The molecule has 0 radical (unpaired) electrons. The van der Waals surface area contributed by atoms with Crippen LogP contribution in [0.2, 0.25) is 0 Å². The summed E-state index contributed by atoms with van der Waals surface area (Å²) < 4.78 is 0. The van der Waals surface area contributed by atoms with Gasteiger partial charge in [-0.1, -0.05) is 38.1 Å². The first-order valence-electron chi connectivity index (χ1n) is 6.86. The highest BCUT2D eigenvalue weighted by atomic mass is 15.1. The molecule has 94 valence electrons. The Hall–Kier alpha value is -0.860. The number of hydrogen-bond donors (Lipinski definition) is 1. The van der Waals surface area contributed by atoms with Gasteiger partial charge in [-0.15, -0.1) is 0 Å². The largest absolute Gasteiger partial charge is 0.312 e. The Morgan fingerprint density at radius 2 is 2.12 bits per heavy atom. The summed E-state index contributed by atoms with van der Waals surface area (Å²) in [5.41, 5.74) is 3.04. The van der Waals surface area contributed by atoms with E-state index in [1.165, 1.54) is 25.1 Å². The van der Waals surface area contributed by atoms with E-state index < -0.39 is 0 Å². The number of benzene rings is 1. The van der Waals surface area contributed by atoms with Crippen molar-refractivity contribution in [1.82, 2.24) is 10.2 Å². The molecule has 2 nitrogen and oxygen atoms in total. The van der Waals surface area contributed by atoms with Gasteiger partial charge in [0.1, 0.15) is 0 Å². The molecule has 1 N–H and O–H groups in total. The van der Waals surface area contributed by atoms with Crippen LogP contribution in [0.25, 0.3) is 0 Å². The van der Waals surface area contributed by atoms with Crippen LogP contribution in [0.4, 0.5) is 0 Å². The zero-order valence-corrected chi connectivity index (χ0v) is 11.1. The minimum absolute atomic E-state index is 0.659. The van der Waals surface area contributed by atoms with E-state index in [0.29, 0.717) is 5.92 Å². The molecule has 0 fully saturated rings. The number of likely N-dealkylation sites (N-methyl/N-ethyl adjacent to an activating group) is 1. The summed E-state index contributed by atoms with van der Waals surface area (Å²) in [6.45, 7) is 10.2. The van der Waals surface area contributed by atoms with E-state index in [-0.39, 0.29) is 0 Å². The van der Waals surface area contributed by atoms with E-state index in [9.17, 15) is 0 Å². The van der Waals surface area contributed by atoms with Crippen LogP contribution in [0.15, 0.2) is 24.3 Å². The monoisotopic (exact) mass is 232 g/mol. The fourth-order valence-corrected chi connectivity index (χ4v) is 2.75. The molecule has 1 aliphatic heterocycles. The second-order valence-corrected chi connectivity index (χ2v) is 4.92. The van der Waals surface area contributed by atoms with Crippen molar-refractivity contribution in [1.29, 1.82) is 0 Å². The standard InChI is InChI=1S/C15H24N2/c1-3-9-17(4-2)12-14-11-16-10-13-7-5-6-8-15(13)14/h5-8,14,16H,3-4,9-12H2,1-2H3. The molecule has 1 aromatic rings. The van der Waals surface area contributed by atoms with Crippen LogP contribution in [-0.2, 0) is 6.54 Å². The number of rotatable bonds is 5. The van der Waals surface area contributed by atoms with Crippen molar-refractivity contribution >= 4 is 0 Å². The predicted molar refractivity (Wildman–Crippen MR) is 73.3 cm³/mol. The van der Waals surface area contributed by atoms with Gasteiger partial charge in [-0.2, -0.15) is 0 Å². The SMILES string of the molecule is CCCN(CC)CC1CNCc2ccccc21. The average molecular weight is 232 g/mol. The lowest BCUT2D eigenvalue weighted by molar-refractivity contribution is 0.262. The van der Waals surface area contributed by atoms with Crippen molar-refractivity contribution in [3.63, 3.8) is 0 Å². The topological polar surface area (TPSA) is 15.3 Å². The van der Waals surface area contributed by atoms with Gasteiger partial charge in [-0.25, -0.2) is 0 Å². The Balaban J connectivity index is 2.07. The Kier molecular flexibility index (Phi) is 4.57. The zero-order chi connectivity index (χ0) is 12.1. The molecule has 0 spiro atoms. The van der Waals surface area contributed by atoms with E-state index in [4.69, 9.17) is 0 Å². The van der Waals surface area contributed by atoms with Gasteiger partial charge in [0.15, 0.2) is 0 Å². The summed E-state index contributed by atoms with van der Waals surface area (Å²) in [5.74, 6) is 0.659. The molecule has 0 aromatic heterocycles. The van der Waals surface area contributed by atoms with Crippen LogP contribution in [-0.4, -0.2) is 31.1 Å². The van der Waals surface area contributed by atoms with Gasteiger partial charge in [0.05, 0.1) is 0 Å². The molecular weight excluding hydrogens is 208 g/mol. The maximum Gasteiger partial charge on any atom is 0.0208 e. The lowest BCUT2D eigenvalue weighted by atomic mass is 9.90. The third-order valence-electron chi connectivity index (χ3n) is 3.67. The van der Waals surface area contributed by atoms with Crippen molar-refractivity contribution in [3.8, 4) is 0 Å². The van der Waals surface area contributed by atoms with Crippen LogP contribution in [0.1, 0.15) is 37.3 Å². The summed E-state index contributed by atoms with van der Waals surface area (Å²) >= 11 is 0. The molecule has 0 bridgehead atoms. The highest BCUT2D eigenvalue weighted by molar-refractivity contribution is 5.32. The minimum Gasteiger partial charge on any atom is -0.312 e. The van der Waals surface area contributed by atoms with Gasteiger partial charge >= 0.3 is 0 Å². The maximum atomic E-state index is 3.54. The van der Waals surface area contributed by atoms with Gasteiger partial charge in [-0.05, 0) is 30.6 Å². The summed E-state index contributed by atoms with van der Waals surface area (Å²) in [7, 11) is 0. The van der Waals surface area contributed by atoms with Crippen molar-refractivity contribution in [2.24, 2.45) is 0 Å². The van der Waals surface area contributed by atoms with Gasteiger partial charge < -0.3 is 10.2 Å². The van der Waals surface area contributed by atoms with Crippen LogP contribution in [0.5, 0.6) is 0 Å². The minimum atomic E-state index is 0.659. The number of hydrogen-bond acceptors (Lipinski definition) is 2. The molecule has 1 unspecified atom stereocenters. The smallest absolute Gasteiger partial charge is 0.0208 e. The Morgan fingerprint density at radius 1 is 1.29 bits per heavy atom. The lowest BCUT2D eigenvalue weighted by Gasteiger charge is -2.31. The molecule has 0 saturated carbocycles. The van der Waals surface area contributed by atoms with Gasteiger partial charge in [-0.3, -0.25) is 0 Å². The first-order chi connectivity index (χ1) is 8.35. The van der Waals surface area contributed by atoms with Crippen molar-refractivity contribution in [2.45, 2.75) is 32.7 Å². The molecule has 1 heterocycles. The molecule has 1 atom stereocenters. The lowest BCUT2D eigenvalue weighted by Crippen LogP contribution is -2.37. The molecule has 2 heteroatoms. The van der Waals surface area contributed by atoms with Gasteiger partial charge in [0, 0.05) is 25.6 Å². The molecule has 0 saturated heterocycles. The second-order valence-electron chi connectivity index (χ2n) is 4.92. The molecule has 17 heavy (non-hydrogen) atoms. The third kappa shape index (κ3) is 3.08. The summed E-state index contributed by atoms with van der Waals surface area (Å²) in [6, 6.07) is 8.88. The van der Waals surface area contributed by atoms with E-state index in [1.807, 2.05) is 0 Å². The fraction of sp³-hybridized carbons (Fsp3) is 0.600. The number of nitrogens with one attached hydrogen (secondary N) is 1. The highest BCUT2D eigenvalue weighted by Crippen LogP contribution is 2.24. The average Bonchev–Trinajstić information content (AvgIpc) is 2.38. The third-order valence-corrected chi connectivity index (χ3v) is 3.67. The molecule has 2 rings (SSSR count). The van der Waals surface area contributed by atoms with Crippen LogP contribution < -0.4 is 5.32 Å². The molecule has 0 amide bonds. The highest BCUT2D eigenvalue weighted by Gasteiger charge is 2.20. The van der Waals surface area contributed by atoms with Crippen molar-refractivity contribution in [2.75, 3.05) is 26.2 Å². The zero-order valence-electron chi connectivity index (χ0n) is 11.1. The number of fused-ring (bicyclic) bond motifs is 1. The molecule has 0 aliphatic carbocycles. The van der Waals surface area contributed by atoms with Crippen molar-refractivity contribution in [3.05, 3.63) is 35.4 Å². The first kappa shape index (κ1) is 12.6. The van der Waals surface area contributed by atoms with Crippen LogP contribution in [0, 0.1) is 0 Å². The second kappa shape index (κ2) is 6.18. The summed E-state index contributed by atoms with van der Waals surface area (Å²) in [6.07, 6.45) is 1.25. The van der Waals surface area contributed by atoms with Crippen LogP contribution in [0.3, 0.4) is 0 Å². The molecular formula is C15H24N2. The van der Waals surface area contributed by atoms with E-state index in [2.05, 4.69) is 48.3 Å². The molecule has 1 aliphatic rings. The maximum absolute atomic E-state index is 3.54. The Morgan fingerprint density at radius 3 is 2.88 bits per heavy atom. The van der Waals surface area contributed by atoms with E-state index in [1.54, 1.807) is 5.56 Å². The van der Waals surface area contributed by atoms with E-state index in [0.717, 1.165) is 19.6 Å². The predicted octanol–water partition coefficient (Wildman–Crippen LogP) is 2.61. The quantitative estimate of drug-likeness (QED) is 0.839. The van der Waals surface area contributed by atoms with Crippen molar-refractivity contribution < 1.29 is 0 Å². The number of nitrogens with zero attached hydrogens (tertiary/aromatic N) is 1. The Bertz CT molecular complexity index is 349. The van der Waals surface area contributed by atoms with Gasteiger partial charge in [0.2, 0.25) is 0 Å². The summed E-state index contributed by atoms with van der Waals surface area (Å²) in [5, 5.41) is 3.54. The first-order valence-corrected chi connectivity index (χ1v) is 6.86. The summed E-state index contributed by atoms with van der Waals surface area (Å²) in [4.78, 5) is 2.56. The Labute approximate surface area is 105 Å². The normalized spacial score (nSPS) is 19.4. The fourth-order valence-electron chi connectivity index (χ4n) is 2.75. The van der Waals surface area contributed by atoms with Crippen LogP contribution >= 0.6 is 0 Å². The molecule has 1 aromatic carbocycles.